The summed E-state index contributed by atoms with van der Waals surface area (Å²) in [5.41, 5.74) is -0.123. The summed E-state index contributed by atoms with van der Waals surface area (Å²) < 4.78 is 96.5. The SMILES string of the molecule is C=C(COCCCC(F)(F)C(F)(F)S(=O)(=O)O)C(=O)OCOC1CCCCC1. The molecular weight excluding hydrogens is 412 g/mol. The van der Waals surface area contributed by atoms with Crippen molar-refractivity contribution in [2.24, 2.45) is 0 Å². The summed E-state index contributed by atoms with van der Waals surface area (Å²) >= 11 is 0. The number of hydrogen-bond donors (Lipinski definition) is 1. The van der Waals surface area contributed by atoms with Crippen molar-refractivity contribution < 1.29 is 49.5 Å². The van der Waals surface area contributed by atoms with Crippen LogP contribution in [0.2, 0.25) is 0 Å². The molecule has 1 rings (SSSR count). The lowest BCUT2D eigenvalue weighted by Gasteiger charge is -2.23. The summed E-state index contributed by atoms with van der Waals surface area (Å²) in [4.78, 5) is 11.7. The molecule has 0 saturated heterocycles. The molecule has 0 heterocycles. The van der Waals surface area contributed by atoms with Gasteiger partial charge in [0.15, 0.2) is 6.79 Å². The van der Waals surface area contributed by atoms with Gasteiger partial charge in [-0.15, -0.1) is 0 Å². The maximum absolute atomic E-state index is 13.3. The van der Waals surface area contributed by atoms with Gasteiger partial charge in [0.25, 0.3) is 0 Å². The van der Waals surface area contributed by atoms with Crippen molar-refractivity contribution in [3.05, 3.63) is 12.2 Å². The van der Waals surface area contributed by atoms with E-state index < -0.39 is 46.7 Å². The Labute approximate surface area is 160 Å². The molecule has 1 N–H and O–H groups in total. The first-order valence-corrected chi connectivity index (χ1v) is 10.1. The number of carbonyl (C=O) groups excluding carboxylic acids is 1. The average molecular weight is 436 g/mol. The van der Waals surface area contributed by atoms with Crippen molar-refractivity contribution >= 4 is 16.1 Å². The minimum Gasteiger partial charge on any atom is -0.435 e. The molecule has 28 heavy (non-hydrogen) atoms. The fourth-order valence-electron chi connectivity index (χ4n) is 2.50. The first-order chi connectivity index (χ1) is 12.9. The number of rotatable bonds is 12. The zero-order valence-corrected chi connectivity index (χ0v) is 16.0. The van der Waals surface area contributed by atoms with Crippen LogP contribution in [0.3, 0.4) is 0 Å². The topological polar surface area (TPSA) is 99.1 Å². The minimum absolute atomic E-state index is 0.0357. The summed E-state index contributed by atoms with van der Waals surface area (Å²) in [6, 6.07) is 0. The molecule has 12 heteroatoms. The predicted molar refractivity (Wildman–Crippen MR) is 89.6 cm³/mol. The molecule has 0 amide bonds. The van der Waals surface area contributed by atoms with E-state index in [0.717, 1.165) is 32.1 Å². The summed E-state index contributed by atoms with van der Waals surface area (Å²) in [7, 11) is -6.26. The number of halogens is 4. The molecule has 0 aromatic carbocycles. The van der Waals surface area contributed by atoms with Crippen LogP contribution < -0.4 is 0 Å². The maximum atomic E-state index is 13.3. The van der Waals surface area contributed by atoms with Crippen LogP contribution in [-0.2, 0) is 29.1 Å². The van der Waals surface area contributed by atoms with Gasteiger partial charge >= 0.3 is 27.3 Å². The van der Waals surface area contributed by atoms with Gasteiger partial charge in [-0.25, -0.2) is 4.79 Å². The van der Waals surface area contributed by atoms with Gasteiger partial charge in [0.05, 0.1) is 18.3 Å². The molecule has 0 atom stereocenters. The molecule has 1 aliphatic rings. The minimum atomic E-state index is -6.26. The monoisotopic (exact) mass is 436 g/mol. The Morgan fingerprint density at radius 3 is 2.32 bits per heavy atom. The van der Waals surface area contributed by atoms with E-state index in [1.165, 1.54) is 0 Å². The van der Waals surface area contributed by atoms with E-state index in [2.05, 4.69) is 6.58 Å². The van der Waals surface area contributed by atoms with Crippen LogP contribution in [0, 0.1) is 0 Å². The molecule has 0 bridgehead atoms. The van der Waals surface area contributed by atoms with Crippen molar-refractivity contribution in [3.63, 3.8) is 0 Å². The fourth-order valence-corrected chi connectivity index (χ4v) is 2.98. The number of alkyl halides is 4. The highest BCUT2D eigenvalue weighted by Crippen LogP contribution is 2.41. The lowest BCUT2D eigenvalue weighted by Crippen LogP contribution is -2.46. The smallest absolute Gasteiger partial charge is 0.431 e. The third kappa shape index (κ3) is 7.30. The Morgan fingerprint density at radius 2 is 1.75 bits per heavy atom. The van der Waals surface area contributed by atoms with E-state index in [1.54, 1.807) is 0 Å². The molecule has 1 fully saturated rings. The molecule has 0 spiro atoms. The Balaban J connectivity index is 2.22. The zero-order chi connectivity index (χ0) is 21.4. The van der Waals surface area contributed by atoms with Crippen LogP contribution in [0.1, 0.15) is 44.9 Å². The van der Waals surface area contributed by atoms with Crippen molar-refractivity contribution in [1.29, 1.82) is 0 Å². The van der Waals surface area contributed by atoms with Crippen LogP contribution in [0.5, 0.6) is 0 Å². The second-order valence-corrected chi connectivity index (χ2v) is 7.90. The molecule has 0 unspecified atom stereocenters. The molecular formula is C16H24F4O7S. The second-order valence-electron chi connectivity index (χ2n) is 6.43. The van der Waals surface area contributed by atoms with Crippen LogP contribution in [0.15, 0.2) is 12.2 Å². The van der Waals surface area contributed by atoms with Gasteiger partial charge in [0, 0.05) is 13.0 Å². The molecule has 7 nitrogen and oxygen atoms in total. The van der Waals surface area contributed by atoms with Gasteiger partial charge < -0.3 is 14.2 Å². The zero-order valence-electron chi connectivity index (χ0n) is 15.2. The lowest BCUT2D eigenvalue weighted by atomic mass is 9.98. The van der Waals surface area contributed by atoms with Gasteiger partial charge in [-0.05, 0) is 19.3 Å². The molecule has 0 aromatic rings. The Bertz CT molecular complexity index is 631. The van der Waals surface area contributed by atoms with Crippen LogP contribution >= 0.6 is 0 Å². The normalized spacial score (nSPS) is 16.8. The van der Waals surface area contributed by atoms with Gasteiger partial charge in [-0.2, -0.15) is 26.0 Å². The van der Waals surface area contributed by atoms with Gasteiger partial charge in [-0.1, -0.05) is 25.8 Å². The molecule has 0 aliphatic heterocycles. The largest absolute Gasteiger partial charge is 0.435 e. The third-order valence-electron chi connectivity index (χ3n) is 4.14. The van der Waals surface area contributed by atoms with Crippen molar-refractivity contribution in [2.75, 3.05) is 20.0 Å². The Morgan fingerprint density at radius 1 is 1.14 bits per heavy atom. The number of hydrogen-bond acceptors (Lipinski definition) is 6. The van der Waals surface area contributed by atoms with E-state index in [4.69, 9.17) is 18.8 Å². The number of esters is 1. The quantitative estimate of drug-likeness (QED) is 0.125. The Hall–Kier alpha value is -1.24. The number of ether oxygens (including phenoxy) is 3. The molecule has 1 saturated carbocycles. The van der Waals surface area contributed by atoms with Crippen LogP contribution in [0.4, 0.5) is 17.6 Å². The first kappa shape index (κ1) is 24.8. The summed E-state index contributed by atoms with van der Waals surface area (Å²) in [6.07, 6.45) is 2.87. The standard InChI is InChI=1S/C16H24F4O7S/c1-12(14(21)27-11-26-13-6-3-2-4-7-13)10-25-9-5-8-15(17,18)16(19,20)28(22,23)24/h13H,1-11H2,(H,22,23,24). The fraction of sp³-hybridized carbons (Fsp3) is 0.812. The van der Waals surface area contributed by atoms with E-state index in [9.17, 15) is 30.8 Å². The van der Waals surface area contributed by atoms with Gasteiger partial charge in [0.2, 0.25) is 0 Å². The summed E-state index contributed by atoms with van der Waals surface area (Å²) in [6.45, 7) is 2.30. The van der Waals surface area contributed by atoms with E-state index in [-0.39, 0.29) is 25.1 Å². The molecule has 1 aliphatic carbocycles. The van der Waals surface area contributed by atoms with Crippen molar-refractivity contribution in [2.45, 2.75) is 62.2 Å². The summed E-state index contributed by atoms with van der Waals surface area (Å²) in [5.74, 6) is -5.78. The summed E-state index contributed by atoms with van der Waals surface area (Å²) in [5, 5.41) is -5.61. The number of carbonyl (C=O) groups is 1. The van der Waals surface area contributed by atoms with E-state index in [0.29, 0.717) is 0 Å². The first-order valence-electron chi connectivity index (χ1n) is 8.65. The molecule has 0 aromatic heterocycles. The van der Waals surface area contributed by atoms with Gasteiger partial charge in [-0.3, -0.25) is 4.55 Å². The molecule has 164 valence electrons. The molecule has 0 radical (unpaired) electrons. The van der Waals surface area contributed by atoms with Crippen LogP contribution in [0.25, 0.3) is 0 Å². The van der Waals surface area contributed by atoms with Crippen molar-refractivity contribution in [1.82, 2.24) is 0 Å². The van der Waals surface area contributed by atoms with Crippen molar-refractivity contribution in [3.8, 4) is 0 Å². The lowest BCUT2D eigenvalue weighted by molar-refractivity contribution is -0.166. The highest BCUT2D eigenvalue weighted by atomic mass is 32.2. The second kappa shape index (κ2) is 10.5. The van der Waals surface area contributed by atoms with E-state index in [1.807, 2.05) is 0 Å². The van der Waals surface area contributed by atoms with Gasteiger partial charge in [0.1, 0.15) is 0 Å². The van der Waals surface area contributed by atoms with Crippen LogP contribution in [-0.4, -0.2) is 56.2 Å². The highest BCUT2D eigenvalue weighted by molar-refractivity contribution is 7.87. The Kier molecular flexibility index (Phi) is 9.31. The maximum Gasteiger partial charge on any atom is 0.431 e. The average Bonchev–Trinajstić information content (AvgIpc) is 2.60. The van der Waals surface area contributed by atoms with E-state index >= 15 is 0 Å². The third-order valence-corrected chi connectivity index (χ3v) is 5.09. The predicted octanol–water partition coefficient (Wildman–Crippen LogP) is 3.31. The highest BCUT2D eigenvalue weighted by Gasteiger charge is 2.64.